The molecule has 2 aromatic rings. The van der Waals surface area contributed by atoms with E-state index in [2.05, 4.69) is 10.2 Å². The molecule has 1 aromatic carbocycles. The predicted molar refractivity (Wildman–Crippen MR) is 67.1 cm³/mol. The summed E-state index contributed by atoms with van der Waals surface area (Å²) in [6.07, 6.45) is -2.83. The molecular formula is C12H9F3N2OS. The van der Waals surface area contributed by atoms with Crippen LogP contribution in [0.2, 0.25) is 0 Å². The fraction of sp³-hybridized carbons (Fsp3) is 0.167. The van der Waals surface area contributed by atoms with Crippen molar-refractivity contribution in [2.75, 3.05) is 6.26 Å². The van der Waals surface area contributed by atoms with Gasteiger partial charge in [-0.15, -0.1) is 11.8 Å². The van der Waals surface area contributed by atoms with Crippen LogP contribution in [0.15, 0.2) is 40.0 Å². The number of halogens is 3. The Morgan fingerprint density at radius 2 is 1.95 bits per heavy atom. The maximum absolute atomic E-state index is 12.9. The fourth-order valence-electron chi connectivity index (χ4n) is 1.59. The molecule has 2 rings (SSSR count). The Labute approximate surface area is 110 Å². The molecule has 0 fully saturated rings. The number of aromatic nitrogens is 2. The molecule has 1 heterocycles. The van der Waals surface area contributed by atoms with Crippen molar-refractivity contribution in [3.8, 4) is 11.3 Å². The number of hydrogen-bond acceptors (Lipinski definition) is 3. The molecule has 0 aliphatic carbocycles. The van der Waals surface area contributed by atoms with E-state index in [1.807, 2.05) is 0 Å². The zero-order valence-electron chi connectivity index (χ0n) is 9.78. The minimum Gasteiger partial charge on any atom is -0.268 e. The first-order valence-corrected chi connectivity index (χ1v) is 6.45. The van der Waals surface area contributed by atoms with Crippen molar-refractivity contribution < 1.29 is 13.2 Å². The first kappa shape index (κ1) is 13.7. The zero-order valence-corrected chi connectivity index (χ0v) is 10.6. The molecule has 3 nitrogen and oxygen atoms in total. The van der Waals surface area contributed by atoms with E-state index in [9.17, 15) is 18.0 Å². The van der Waals surface area contributed by atoms with Crippen LogP contribution in [-0.4, -0.2) is 16.5 Å². The molecule has 0 unspecified atom stereocenters. The summed E-state index contributed by atoms with van der Waals surface area (Å²) in [7, 11) is 0. The molecule has 0 aliphatic rings. The Balaban J connectivity index is 2.55. The van der Waals surface area contributed by atoms with Crippen LogP contribution in [0.3, 0.4) is 0 Å². The van der Waals surface area contributed by atoms with E-state index in [4.69, 9.17) is 0 Å². The molecule has 19 heavy (non-hydrogen) atoms. The minimum absolute atomic E-state index is 0.153. The summed E-state index contributed by atoms with van der Waals surface area (Å²) < 4.78 is 38.7. The van der Waals surface area contributed by atoms with Crippen molar-refractivity contribution in [2.45, 2.75) is 11.1 Å². The number of nitrogens with one attached hydrogen (secondary N) is 1. The fourth-order valence-corrected chi connectivity index (χ4v) is 2.19. The van der Waals surface area contributed by atoms with Gasteiger partial charge < -0.3 is 0 Å². The Kier molecular flexibility index (Phi) is 3.66. The lowest BCUT2D eigenvalue weighted by atomic mass is 10.1. The third-order valence-corrected chi connectivity index (χ3v) is 3.28. The van der Waals surface area contributed by atoms with Gasteiger partial charge in [0, 0.05) is 16.5 Å². The summed E-state index contributed by atoms with van der Waals surface area (Å²) in [5.41, 5.74) is -0.509. The summed E-state index contributed by atoms with van der Waals surface area (Å²) in [5.74, 6) is 0. The van der Waals surface area contributed by atoms with Crippen LogP contribution in [0, 0.1) is 0 Å². The molecule has 0 spiro atoms. The van der Waals surface area contributed by atoms with Gasteiger partial charge in [-0.05, 0) is 24.5 Å². The lowest BCUT2D eigenvalue weighted by Crippen LogP contribution is -2.08. The van der Waals surface area contributed by atoms with Gasteiger partial charge in [0.2, 0.25) is 0 Å². The van der Waals surface area contributed by atoms with Gasteiger partial charge in [-0.3, -0.25) is 4.79 Å². The Hall–Kier alpha value is -1.76. The molecular weight excluding hydrogens is 277 g/mol. The highest BCUT2D eigenvalue weighted by molar-refractivity contribution is 7.98. The lowest BCUT2D eigenvalue weighted by Gasteiger charge is -2.12. The van der Waals surface area contributed by atoms with Crippen molar-refractivity contribution in [2.24, 2.45) is 0 Å². The lowest BCUT2D eigenvalue weighted by molar-refractivity contribution is -0.139. The SMILES string of the molecule is CSc1ccc(-c2ccc(=O)[nH]n2)cc1C(F)(F)F. The van der Waals surface area contributed by atoms with Gasteiger partial charge in [-0.1, -0.05) is 6.07 Å². The monoisotopic (exact) mass is 286 g/mol. The third kappa shape index (κ3) is 2.98. The van der Waals surface area contributed by atoms with Crippen LogP contribution in [-0.2, 0) is 6.18 Å². The molecule has 0 radical (unpaired) electrons. The third-order valence-electron chi connectivity index (χ3n) is 2.48. The maximum atomic E-state index is 12.9. The topological polar surface area (TPSA) is 45.8 Å². The molecule has 100 valence electrons. The van der Waals surface area contributed by atoms with Crippen molar-refractivity contribution in [1.29, 1.82) is 0 Å². The number of nitrogens with zero attached hydrogens (tertiary/aromatic N) is 1. The van der Waals surface area contributed by atoms with Crippen molar-refractivity contribution in [3.05, 3.63) is 46.2 Å². The molecule has 0 aliphatic heterocycles. The molecule has 0 saturated heterocycles. The first-order chi connectivity index (χ1) is 8.91. The smallest absolute Gasteiger partial charge is 0.268 e. The van der Waals surface area contributed by atoms with Crippen LogP contribution < -0.4 is 5.56 Å². The Bertz CT molecular complexity index is 632. The molecule has 1 aromatic heterocycles. The first-order valence-electron chi connectivity index (χ1n) is 5.23. The molecule has 0 amide bonds. The number of H-pyrrole nitrogens is 1. The van der Waals surface area contributed by atoms with Gasteiger partial charge in [0.25, 0.3) is 5.56 Å². The van der Waals surface area contributed by atoms with Gasteiger partial charge in [0.15, 0.2) is 0 Å². The van der Waals surface area contributed by atoms with Gasteiger partial charge in [0.1, 0.15) is 0 Å². The van der Waals surface area contributed by atoms with Crippen molar-refractivity contribution >= 4 is 11.8 Å². The highest BCUT2D eigenvalue weighted by atomic mass is 32.2. The number of benzene rings is 1. The van der Waals surface area contributed by atoms with Gasteiger partial charge in [-0.2, -0.15) is 18.3 Å². The van der Waals surface area contributed by atoms with Crippen LogP contribution in [0.1, 0.15) is 5.56 Å². The molecule has 0 atom stereocenters. The van der Waals surface area contributed by atoms with E-state index in [1.165, 1.54) is 18.2 Å². The molecule has 1 N–H and O–H groups in total. The van der Waals surface area contributed by atoms with Gasteiger partial charge >= 0.3 is 6.18 Å². The van der Waals surface area contributed by atoms with E-state index >= 15 is 0 Å². The van der Waals surface area contributed by atoms with Crippen LogP contribution in [0.4, 0.5) is 13.2 Å². The molecule has 0 saturated carbocycles. The number of rotatable bonds is 2. The standard InChI is InChI=1S/C12H9F3N2OS/c1-19-10-4-2-7(6-8(10)12(13,14)15)9-3-5-11(18)17-16-9/h2-6H,1H3,(H,17,18). The van der Waals surface area contributed by atoms with Gasteiger partial charge in [0.05, 0.1) is 11.3 Å². The van der Waals surface area contributed by atoms with E-state index in [-0.39, 0.29) is 10.6 Å². The second-order valence-electron chi connectivity index (χ2n) is 3.72. The quantitative estimate of drug-likeness (QED) is 0.862. The van der Waals surface area contributed by atoms with Crippen LogP contribution in [0.25, 0.3) is 11.3 Å². The summed E-state index contributed by atoms with van der Waals surface area (Å²) in [4.78, 5) is 11.0. The average molecular weight is 286 g/mol. The molecule has 7 heteroatoms. The van der Waals surface area contributed by atoms with Gasteiger partial charge in [-0.25, -0.2) is 5.10 Å². The van der Waals surface area contributed by atoms with Crippen molar-refractivity contribution in [1.82, 2.24) is 10.2 Å². The minimum atomic E-state index is -4.42. The molecule has 0 bridgehead atoms. The second kappa shape index (κ2) is 5.08. The summed E-state index contributed by atoms with van der Waals surface area (Å²) >= 11 is 1.03. The maximum Gasteiger partial charge on any atom is 0.417 e. The summed E-state index contributed by atoms with van der Waals surface area (Å²) in [6, 6.07) is 6.58. The highest BCUT2D eigenvalue weighted by Crippen LogP contribution is 2.37. The summed E-state index contributed by atoms with van der Waals surface area (Å²) in [5, 5.41) is 5.91. The number of aromatic amines is 1. The van der Waals surface area contributed by atoms with Crippen LogP contribution in [0.5, 0.6) is 0 Å². The number of alkyl halides is 3. The second-order valence-corrected chi connectivity index (χ2v) is 4.57. The van der Waals surface area contributed by atoms with Crippen LogP contribution >= 0.6 is 11.8 Å². The average Bonchev–Trinajstić information content (AvgIpc) is 2.38. The van der Waals surface area contributed by atoms with E-state index in [0.29, 0.717) is 5.56 Å². The van der Waals surface area contributed by atoms with E-state index in [0.717, 1.165) is 17.8 Å². The number of hydrogen-bond donors (Lipinski definition) is 1. The normalized spacial score (nSPS) is 11.6. The Morgan fingerprint density at radius 1 is 1.21 bits per heavy atom. The van der Waals surface area contributed by atoms with E-state index < -0.39 is 17.3 Å². The van der Waals surface area contributed by atoms with Crippen molar-refractivity contribution in [3.63, 3.8) is 0 Å². The number of thioether (sulfide) groups is 1. The predicted octanol–water partition coefficient (Wildman–Crippen LogP) is 3.18. The largest absolute Gasteiger partial charge is 0.417 e. The Morgan fingerprint density at radius 3 is 2.47 bits per heavy atom. The zero-order chi connectivity index (χ0) is 14.0. The van der Waals surface area contributed by atoms with E-state index in [1.54, 1.807) is 12.3 Å². The summed E-state index contributed by atoms with van der Waals surface area (Å²) in [6.45, 7) is 0. The highest BCUT2D eigenvalue weighted by Gasteiger charge is 2.33.